The summed E-state index contributed by atoms with van der Waals surface area (Å²) in [4.78, 5) is 0. The van der Waals surface area contributed by atoms with Crippen molar-refractivity contribution in [1.82, 2.24) is 5.32 Å². The summed E-state index contributed by atoms with van der Waals surface area (Å²) in [6.45, 7) is 2.77. The summed E-state index contributed by atoms with van der Waals surface area (Å²) >= 11 is 3.44. The molecule has 88 valence electrons. The van der Waals surface area contributed by atoms with Crippen LogP contribution in [0.25, 0.3) is 0 Å². The molecule has 4 heteroatoms. The minimum Gasteiger partial charge on any atom is -0.378 e. The minimum atomic E-state index is 0.0685. The third kappa shape index (κ3) is 2.75. The summed E-state index contributed by atoms with van der Waals surface area (Å²) in [5.74, 6) is 0. The molecule has 0 spiro atoms. The van der Waals surface area contributed by atoms with Crippen molar-refractivity contribution in [2.75, 3.05) is 25.0 Å². The van der Waals surface area contributed by atoms with Gasteiger partial charge in [-0.2, -0.15) is 0 Å². The van der Waals surface area contributed by atoms with Gasteiger partial charge < -0.3 is 16.4 Å². The molecule has 4 N–H and O–H groups in total. The summed E-state index contributed by atoms with van der Waals surface area (Å²) in [7, 11) is 0. The standard InChI is InChI=1S/C12H18BrN3/c13-10-1-3-11(4-2-10)16-12(9-14)5-7-15-8-6-12/h1-4,15-16H,5-9,14H2. The molecular weight excluding hydrogens is 266 g/mol. The molecule has 1 heterocycles. The van der Waals surface area contributed by atoms with E-state index in [9.17, 15) is 0 Å². The van der Waals surface area contributed by atoms with Gasteiger partial charge in [-0.1, -0.05) is 15.9 Å². The number of nitrogens with two attached hydrogens (primary N) is 1. The Morgan fingerprint density at radius 1 is 1.25 bits per heavy atom. The molecule has 0 amide bonds. The van der Waals surface area contributed by atoms with Gasteiger partial charge in [0.25, 0.3) is 0 Å². The van der Waals surface area contributed by atoms with Crippen LogP contribution in [0.2, 0.25) is 0 Å². The van der Waals surface area contributed by atoms with Gasteiger partial charge >= 0.3 is 0 Å². The van der Waals surface area contributed by atoms with Gasteiger partial charge in [0.15, 0.2) is 0 Å². The van der Waals surface area contributed by atoms with Gasteiger partial charge in [-0.15, -0.1) is 0 Å². The Hall–Kier alpha value is -0.580. The average Bonchev–Trinajstić information content (AvgIpc) is 2.33. The SMILES string of the molecule is NCC1(Nc2ccc(Br)cc2)CCNCC1. The molecule has 1 aromatic carbocycles. The number of rotatable bonds is 3. The zero-order chi connectivity index (χ0) is 11.4. The smallest absolute Gasteiger partial charge is 0.0519 e. The highest BCUT2D eigenvalue weighted by Crippen LogP contribution is 2.24. The molecule has 1 saturated heterocycles. The number of nitrogens with one attached hydrogen (secondary N) is 2. The second kappa shape index (κ2) is 5.17. The lowest BCUT2D eigenvalue weighted by molar-refractivity contribution is 0.346. The van der Waals surface area contributed by atoms with Crippen molar-refractivity contribution >= 4 is 21.6 Å². The second-order valence-corrected chi connectivity index (χ2v) is 5.28. The van der Waals surface area contributed by atoms with Gasteiger partial charge in [0.05, 0.1) is 5.54 Å². The molecule has 2 rings (SSSR count). The third-order valence-electron chi connectivity index (χ3n) is 3.21. The van der Waals surface area contributed by atoms with E-state index < -0.39 is 0 Å². The first kappa shape index (κ1) is 11.9. The molecule has 1 aliphatic heterocycles. The van der Waals surface area contributed by atoms with E-state index in [1.54, 1.807) is 0 Å². The highest BCUT2D eigenvalue weighted by atomic mass is 79.9. The topological polar surface area (TPSA) is 50.1 Å². The lowest BCUT2D eigenvalue weighted by atomic mass is 9.88. The van der Waals surface area contributed by atoms with Gasteiger partial charge in [0, 0.05) is 16.7 Å². The maximum atomic E-state index is 5.92. The maximum Gasteiger partial charge on any atom is 0.0519 e. The predicted octanol–water partition coefficient (Wildman–Crippen LogP) is 1.94. The first-order valence-electron chi connectivity index (χ1n) is 5.69. The van der Waals surface area contributed by atoms with Crippen molar-refractivity contribution in [2.45, 2.75) is 18.4 Å². The first-order valence-corrected chi connectivity index (χ1v) is 6.48. The Labute approximate surface area is 105 Å². The van der Waals surface area contributed by atoms with Crippen molar-refractivity contribution < 1.29 is 0 Å². The van der Waals surface area contributed by atoms with Crippen LogP contribution in [0.15, 0.2) is 28.7 Å². The third-order valence-corrected chi connectivity index (χ3v) is 3.73. The Kier molecular flexibility index (Phi) is 3.84. The fourth-order valence-corrected chi connectivity index (χ4v) is 2.39. The summed E-state index contributed by atoms with van der Waals surface area (Å²) in [5.41, 5.74) is 7.13. The lowest BCUT2D eigenvalue weighted by Crippen LogP contribution is -2.52. The highest BCUT2D eigenvalue weighted by molar-refractivity contribution is 9.10. The second-order valence-electron chi connectivity index (χ2n) is 4.37. The van der Waals surface area contributed by atoms with Crippen molar-refractivity contribution in [3.63, 3.8) is 0 Å². The van der Waals surface area contributed by atoms with Crippen LogP contribution < -0.4 is 16.4 Å². The van der Waals surface area contributed by atoms with E-state index in [0.29, 0.717) is 6.54 Å². The molecule has 0 atom stereocenters. The monoisotopic (exact) mass is 283 g/mol. The van der Waals surface area contributed by atoms with Crippen LogP contribution in [0.4, 0.5) is 5.69 Å². The van der Waals surface area contributed by atoms with E-state index in [1.807, 2.05) is 12.1 Å². The quantitative estimate of drug-likeness (QED) is 0.795. The van der Waals surface area contributed by atoms with Gasteiger partial charge in [0.2, 0.25) is 0 Å². The molecule has 1 aliphatic rings. The molecule has 0 radical (unpaired) electrons. The van der Waals surface area contributed by atoms with Crippen LogP contribution in [0.1, 0.15) is 12.8 Å². The lowest BCUT2D eigenvalue weighted by Gasteiger charge is -2.38. The normalized spacial score (nSPS) is 19.4. The number of anilines is 1. The summed E-state index contributed by atoms with van der Waals surface area (Å²) in [5, 5.41) is 6.95. The number of hydrogen-bond donors (Lipinski definition) is 3. The van der Waals surface area contributed by atoms with Gasteiger partial charge in [-0.3, -0.25) is 0 Å². The van der Waals surface area contributed by atoms with Crippen LogP contribution in [-0.2, 0) is 0 Å². The summed E-state index contributed by atoms with van der Waals surface area (Å²) in [6.07, 6.45) is 2.17. The molecular formula is C12H18BrN3. The number of benzene rings is 1. The Morgan fingerprint density at radius 2 is 1.88 bits per heavy atom. The molecule has 0 saturated carbocycles. The van der Waals surface area contributed by atoms with Crippen LogP contribution >= 0.6 is 15.9 Å². The van der Waals surface area contributed by atoms with E-state index in [2.05, 4.69) is 38.7 Å². The van der Waals surface area contributed by atoms with Crippen molar-refractivity contribution in [2.24, 2.45) is 5.73 Å². The largest absolute Gasteiger partial charge is 0.378 e. The highest BCUT2D eigenvalue weighted by Gasteiger charge is 2.30. The molecule has 0 aromatic heterocycles. The van der Waals surface area contributed by atoms with E-state index in [-0.39, 0.29) is 5.54 Å². The maximum absolute atomic E-state index is 5.92. The Balaban J connectivity index is 2.08. The Morgan fingerprint density at radius 3 is 2.44 bits per heavy atom. The van der Waals surface area contributed by atoms with Crippen molar-refractivity contribution in [3.8, 4) is 0 Å². The van der Waals surface area contributed by atoms with Gasteiger partial charge in [-0.25, -0.2) is 0 Å². The summed E-state index contributed by atoms with van der Waals surface area (Å²) in [6, 6.07) is 8.27. The van der Waals surface area contributed by atoms with Crippen LogP contribution in [0.5, 0.6) is 0 Å². The first-order chi connectivity index (χ1) is 7.74. The zero-order valence-electron chi connectivity index (χ0n) is 9.30. The molecule has 1 aromatic rings. The molecule has 0 unspecified atom stereocenters. The molecule has 0 aliphatic carbocycles. The Bertz CT molecular complexity index is 331. The molecule has 1 fully saturated rings. The van der Waals surface area contributed by atoms with E-state index in [0.717, 1.165) is 36.1 Å². The average molecular weight is 284 g/mol. The van der Waals surface area contributed by atoms with Gasteiger partial charge in [0.1, 0.15) is 0 Å². The molecule has 0 bridgehead atoms. The van der Waals surface area contributed by atoms with Crippen molar-refractivity contribution in [3.05, 3.63) is 28.7 Å². The van der Waals surface area contributed by atoms with Crippen LogP contribution in [-0.4, -0.2) is 25.2 Å². The molecule has 3 nitrogen and oxygen atoms in total. The van der Waals surface area contributed by atoms with E-state index >= 15 is 0 Å². The molecule has 16 heavy (non-hydrogen) atoms. The zero-order valence-corrected chi connectivity index (χ0v) is 10.9. The van der Waals surface area contributed by atoms with Crippen molar-refractivity contribution in [1.29, 1.82) is 0 Å². The van der Waals surface area contributed by atoms with E-state index in [1.165, 1.54) is 0 Å². The fourth-order valence-electron chi connectivity index (χ4n) is 2.12. The predicted molar refractivity (Wildman–Crippen MR) is 71.7 cm³/mol. The number of halogens is 1. The van der Waals surface area contributed by atoms with Gasteiger partial charge in [-0.05, 0) is 50.2 Å². The van der Waals surface area contributed by atoms with Crippen LogP contribution in [0.3, 0.4) is 0 Å². The minimum absolute atomic E-state index is 0.0685. The summed E-state index contributed by atoms with van der Waals surface area (Å²) < 4.78 is 1.10. The fraction of sp³-hybridized carbons (Fsp3) is 0.500. The van der Waals surface area contributed by atoms with E-state index in [4.69, 9.17) is 5.73 Å². The number of piperidine rings is 1. The van der Waals surface area contributed by atoms with Crippen LogP contribution in [0, 0.1) is 0 Å². The number of hydrogen-bond acceptors (Lipinski definition) is 3.